The molecule has 1 atom stereocenters. The van der Waals surface area contributed by atoms with Crippen molar-refractivity contribution in [1.29, 1.82) is 0 Å². The molecule has 2 heterocycles. The van der Waals surface area contributed by atoms with Crippen molar-refractivity contribution in [2.24, 2.45) is 0 Å². The van der Waals surface area contributed by atoms with Gasteiger partial charge in [0.2, 0.25) is 0 Å². The van der Waals surface area contributed by atoms with Gasteiger partial charge in [0.1, 0.15) is 0 Å². The minimum absolute atomic E-state index is 0.173. The second-order valence-electron chi connectivity index (χ2n) is 4.69. The average molecular weight is 297 g/mol. The molecule has 0 aliphatic rings. The molecule has 2 amide bonds. The normalized spacial score (nSPS) is 11.5. The van der Waals surface area contributed by atoms with Crippen LogP contribution >= 0.6 is 0 Å². The molecular weight excluding hydrogens is 280 g/mol. The zero-order chi connectivity index (χ0) is 15.8. The van der Waals surface area contributed by atoms with Gasteiger partial charge < -0.3 is 10.6 Å². The number of amides is 2. The van der Waals surface area contributed by atoms with Gasteiger partial charge in [-0.2, -0.15) is 0 Å². The number of carbonyl (C=O) groups excluding carboxylic acids is 2. The Hall–Kier alpha value is -2.76. The highest BCUT2D eigenvalue weighted by molar-refractivity contribution is 5.94. The predicted molar refractivity (Wildman–Crippen MR) is 82.0 cm³/mol. The minimum atomic E-state index is -0.301. The van der Waals surface area contributed by atoms with Gasteiger partial charge in [0.25, 0.3) is 11.8 Å². The summed E-state index contributed by atoms with van der Waals surface area (Å²) in [5, 5.41) is 5.53. The highest BCUT2D eigenvalue weighted by Crippen LogP contribution is 1.99. The predicted octanol–water partition coefficient (Wildman–Crippen LogP) is 1.23. The van der Waals surface area contributed by atoms with Crippen LogP contribution in [-0.4, -0.2) is 34.4 Å². The number of carbonyl (C=O) groups is 2. The molecule has 2 rings (SSSR count). The van der Waals surface area contributed by atoms with Gasteiger partial charge in [-0.05, 0) is 37.6 Å². The van der Waals surface area contributed by atoms with Crippen LogP contribution in [0.4, 0.5) is 0 Å². The standard InChI is InChI=1S/C16H17N4O2/c1-12(20-16(22)14-3-2-7-18-11-14)4-10-19-15(21)13-5-8-17-9-6-13/h2-3,5-9,11-12H,1,4,10H2,(H,19,21)(H,20,22). The minimum Gasteiger partial charge on any atom is -0.352 e. The van der Waals surface area contributed by atoms with Crippen LogP contribution in [-0.2, 0) is 0 Å². The summed E-state index contributed by atoms with van der Waals surface area (Å²) >= 11 is 0. The number of nitrogens with one attached hydrogen (secondary N) is 2. The van der Waals surface area contributed by atoms with E-state index < -0.39 is 0 Å². The van der Waals surface area contributed by atoms with Gasteiger partial charge in [0, 0.05) is 42.9 Å². The van der Waals surface area contributed by atoms with Crippen LogP contribution in [0.5, 0.6) is 0 Å². The van der Waals surface area contributed by atoms with Crippen LogP contribution < -0.4 is 10.6 Å². The molecule has 0 aliphatic carbocycles. The number of hydrogen-bond acceptors (Lipinski definition) is 4. The second kappa shape index (κ2) is 7.87. The van der Waals surface area contributed by atoms with Crippen molar-refractivity contribution in [1.82, 2.24) is 20.6 Å². The van der Waals surface area contributed by atoms with E-state index in [-0.39, 0.29) is 17.9 Å². The summed E-state index contributed by atoms with van der Waals surface area (Å²) in [6.07, 6.45) is 6.75. The molecule has 6 nitrogen and oxygen atoms in total. The number of nitrogens with zero attached hydrogens (tertiary/aromatic N) is 2. The zero-order valence-electron chi connectivity index (χ0n) is 12.0. The topological polar surface area (TPSA) is 84.0 Å². The molecule has 2 N–H and O–H groups in total. The summed E-state index contributed by atoms with van der Waals surface area (Å²) in [6, 6.07) is 6.36. The molecule has 0 fully saturated rings. The van der Waals surface area contributed by atoms with Crippen molar-refractivity contribution in [3.8, 4) is 0 Å². The third-order valence-electron chi connectivity index (χ3n) is 2.98. The number of pyridine rings is 2. The number of hydrogen-bond donors (Lipinski definition) is 2. The van der Waals surface area contributed by atoms with E-state index in [9.17, 15) is 9.59 Å². The molecule has 0 bridgehead atoms. The molecule has 0 saturated heterocycles. The van der Waals surface area contributed by atoms with Gasteiger partial charge >= 0.3 is 0 Å². The summed E-state index contributed by atoms with van der Waals surface area (Å²) in [5.41, 5.74) is 1.03. The Morgan fingerprint density at radius 3 is 2.50 bits per heavy atom. The maximum atomic E-state index is 11.9. The van der Waals surface area contributed by atoms with Gasteiger partial charge in [0.15, 0.2) is 0 Å². The lowest BCUT2D eigenvalue weighted by atomic mass is 10.2. The van der Waals surface area contributed by atoms with E-state index in [0.717, 1.165) is 0 Å². The first kappa shape index (κ1) is 15.6. The Labute approximate surface area is 129 Å². The molecule has 1 radical (unpaired) electrons. The van der Waals surface area contributed by atoms with Crippen LogP contribution in [0.3, 0.4) is 0 Å². The smallest absolute Gasteiger partial charge is 0.253 e. The molecule has 22 heavy (non-hydrogen) atoms. The number of aromatic nitrogens is 2. The molecule has 2 aromatic rings. The van der Waals surface area contributed by atoms with Crippen molar-refractivity contribution in [3.05, 3.63) is 67.1 Å². The SMILES string of the molecule is [CH2]C(CCNC(=O)c1ccncc1)NC(=O)c1cccnc1. The Bertz CT molecular complexity index is 617. The van der Waals surface area contributed by atoms with Gasteiger partial charge in [0.05, 0.1) is 5.56 Å². The first-order valence-corrected chi connectivity index (χ1v) is 6.89. The van der Waals surface area contributed by atoms with E-state index in [0.29, 0.717) is 24.1 Å². The molecule has 113 valence electrons. The van der Waals surface area contributed by atoms with E-state index in [1.165, 1.54) is 6.20 Å². The monoisotopic (exact) mass is 297 g/mol. The molecular formula is C16H17N4O2. The Morgan fingerprint density at radius 2 is 1.82 bits per heavy atom. The van der Waals surface area contributed by atoms with Crippen molar-refractivity contribution < 1.29 is 9.59 Å². The van der Waals surface area contributed by atoms with Crippen LogP contribution in [0.1, 0.15) is 27.1 Å². The summed E-state index contributed by atoms with van der Waals surface area (Å²) in [7, 11) is 0. The lowest BCUT2D eigenvalue weighted by molar-refractivity contribution is 0.0941. The molecule has 2 aromatic heterocycles. The van der Waals surface area contributed by atoms with E-state index in [4.69, 9.17) is 0 Å². The van der Waals surface area contributed by atoms with Crippen LogP contribution in [0.15, 0.2) is 49.1 Å². The Morgan fingerprint density at radius 1 is 1.05 bits per heavy atom. The first-order chi connectivity index (χ1) is 10.7. The quantitative estimate of drug-likeness (QED) is 0.840. The molecule has 1 unspecified atom stereocenters. The number of rotatable bonds is 6. The van der Waals surface area contributed by atoms with E-state index >= 15 is 0 Å². The Balaban J connectivity index is 1.73. The largest absolute Gasteiger partial charge is 0.352 e. The van der Waals surface area contributed by atoms with Crippen LogP contribution in [0.25, 0.3) is 0 Å². The average Bonchev–Trinajstić information content (AvgIpc) is 2.56. The van der Waals surface area contributed by atoms with Crippen molar-refractivity contribution in [2.45, 2.75) is 12.5 Å². The summed E-state index contributed by atoms with van der Waals surface area (Å²) < 4.78 is 0. The first-order valence-electron chi connectivity index (χ1n) is 6.89. The van der Waals surface area contributed by atoms with Gasteiger partial charge in [-0.3, -0.25) is 19.6 Å². The highest BCUT2D eigenvalue weighted by atomic mass is 16.2. The fourth-order valence-electron chi connectivity index (χ4n) is 1.80. The van der Waals surface area contributed by atoms with E-state index in [2.05, 4.69) is 27.5 Å². The van der Waals surface area contributed by atoms with Gasteiger partial charge in [-0.1, -0.05) is 0 Å². The van der Waals surface area contributed by atoms with Crippen LogP contribution in [0, 0.1) is 6.92 Å². The van der Waals surface area contributed by atoms with Crippen LogP contribution in [0.2, 0.25) is 0 Å². The summed E-state index contributed by atoms with van der Waals surface area (Å²) in [4.78, 5) is 31.4. The Kier molecular flexibility index (Phi) is 5.59. The van der Waals surface area contributed by atoms with Crippen molar-refractivity contribution >= 4 is 11.8 Å². The third-order valence-corrected chi connectivity index (χ3v) is 2.98. The fourth-order valence-corrected chi connectivity index (χ4v) is 1.80. The summed E-state index contributed by atoms with van der Waals surface area (Å²) in [6.45, 7) is 4.28. The highest BCUT2D eigenvalue weighted by Gasteiger charge is 2.10. The lowest BCUT2D eigenvalue weighted by Gasteiger charge is -2.14. The van der Waals surface area contributed by atoms with E-state index in [1.807, 2.05) is 0 Å². The fraction of sp³-hybridized carbons (Fsp3) is 0.188. The second-order valence-corrected chi connectivity index (χ2v) is 4.69. The maximum absolute atomic E-state index is 11.9. The summed E-state index contributed by atoms with van der Waals surface area (Å²) in [5.74, 6) is -0.401. The molecule has 0 aliphatic heterocycles. The molecule has 0 saturated carbocycles. The van der Waals surface area contributed by atoms with Gasteiger partial charge in [-0.15, -0.1) is 0 Å². The molecule has 0 spiro atoms. The third kappa shape index (κ3) is 4.66. The van der Waals surface area contributed by atoms with Crippen molar-refractivity contribution in [3.63, 3.8) is 0 Å². The molecule has 6 heteroatoms. The van der Waals surface area contributed by atoms with Gasteiger partial charge in [-0.25, -0.2) is 0 Å². The van der Waals surface area contributed by atoms with E-state index in [1.54, 1.807) is 42.9 Å². The maximum Gasteiger partial charge on any atom is 0.253 e. The van der Waals surface area contributed by atoms with Crippen molar-refractivity contribution in [2.75, 3.05) is 6.54 Å². The molecule has 0 aromatic carbocycles. The zero-order valence-corrected chi connectivity index (χ0v) is 12.0. The lowest BCUT2D eigenvalue weighted by Crippen LogP contribution is -2.36.